The molecule has 0 saturated carbocycles. The van der Waals surface area contributed by atoms with Crippen molar-refractivity contribution in [2.45, 2.75) is 39.5 Å². The number of carbonyl (C=O) groups is 1. The van der Waals surface area contributed by atoms with Gasteiger partial charge in [-0.15, -0.1) is 0 Å². The number of nitrogens with one attached hydrogen (secondary N) is 1. The van der Waals surface area contributed by atoms with Crippen molar-refractivity contribution in [3.05, 3.63) is 47.8 Å². The van der Waals surface area contributed by atoms with Gasteiger partial charge >= 0.3 is 6.09 Å². The molecule has 2 saturated heterocycles. The SMILES string of the molecule is CC(C)(C)OC(=O)N1CCN(Cc2cccc(N)n2)CC1.Nc1cccc(CN2CCNCC2)n1. The molecule has 10 heteroatoms. The largest absolute Gasteiger partial charge is 0.444 e. The molecule has 0 spiro atoms. The molecule has 192 valence electrons. The Balaban J connectivity index is 0.000000211. The van der Waals surface area contributed by atoms with Gasteiger partial charge in [-0.05, 0) is 45.0 Å². The molecule has 10 nitrogen and oxygen atoms in total. The van der Waals surface area contributed by atoms with E-state index in [0.717, 1.165) is 63.7 Å². The zero-order valence-corrected chi connectivity index (χ0v) is 21.2. The number of hydrogen-bond acceptors (Lipinski definition) is 9. The number of rotatable bonds is 4. The van der Waals surface area contributed by atoms with Gasteiger partial charge in [0.15, 0.2) is 0 Å². The predicted molar refractivity (Wildman–Crippen MR) is 139 cm³/mol. The number of nitrogens with zero attached hydrogens (tertiary/aromatic N) is 5. The molecular formula is C25H40N8O2. The van der Waals surface area contributed by atoms with Crippen molar-refractivity contribution in [3.8, 4) is 0 Å². The van der Waals surface area contributed by atoms with Crippen LogP contribution in [0.25, 0.3) is 0 Å². The lowest BCUT2D eigenvalue weighted by atomic mass is 10.2. The number of pyridine rings is 2. The minimum absolute atomic E-state index is 0.232. The number of aromatic nitrogens is 2. The molecule has 0 aliphatic carbocycles. The summed E-state index contributed by atoms with van der Waals surface area (Å²) in [5.74, 6) is 1.15. The van der Waals surface area contributed by atoms with Crippen molar-refractivity contribution < 1.29 is 9.53 Å². The second-order valence-corrected chi connectivity index (χ2v) is 9.88. The Morgan fingerprint density at radius 2 is 1.34 bits per heavy atom. The molecule has 2 aromatic heterocycles. The van der Waals surface area contributed by atoms with Crippen LogP contribution in [0.4, 0.5) is 16.4 Å². The van der Waals surface area contributed by atoms with E-state index in [1.165, 1.54) is 0 Å². The lowest BCUT2D eigenvalue weighted by Crippen LogP contribution is -2.49. The van der Waals surface area contributed by atoms with Crippen LogP contribution < -0.4 is 16.8 Å². The molecule has 0 unspecified atom stereocenters. The van der Waals surface area contributed by atoms with Crippen LogP contribution in [0.1, 0.15) is 32.2 Å². The minimum Gasteiger partial charge on any atom is -0.444 e. The highest BCUT2D eigenvalue weighted by Gasteiger charge is 2.25. The van der Waals surface area contributed by atoms with Crippen LogP contribution in [0, 0.1) is 0 Å². The molecule has 0 bridgehead atoms. The third-order valence-corrected chi connectivity index (χ3v) is 5.66. The van der Waals surface area contributed by atoms with Crippen molar-refractivity contribution in [3.63, 3.8) is 0 Å². The van der Waals surface area contributed by atoms with E-state index in [1.807, 2.05) is 51.1 Å². The monoisotopic (exact) mass is 484 g/mol. The molecule has 2 aromatic rings. The van der Waals surface area contributed by atoms with Crippen molar-refractivity contribution in [1.82, 2.24) is 30.0 Å². The van der Waals surface area contributed by atoms with Crippen LogP contribution in [0.3, 0.4) is 0 Å². The molecule has 0 radical (unpaired) electrons. The van der Waals surface area contributed by atoms with Gasteiger partial charge in [0.1, 0.15) is 17.2 Å². The Labute approximate surface area is 208 Å². The van der Waals surface area contributed by atoms with E-state index in [9.17, 15) is 4.79 Å². The Morgan fingerprint density at radius 1 is 0.857 bits per heavy atom. The summed E-state index contributed by atoms with van der Waals surface area (Å²) in [6.07, 6.45) is -0.232. The highest BCUT2D eigenvalue weighted by Crippen LogP contribution is 2.13. The number of amides is 1. The number of ether oxygens (including phenoxy) is 1. The Bertz CT molecular complexity index is 935. The van der Waals surface area contributed by atoms with E-state index in [0.29, 0.717) is 24.7 Å². The van der Waals surface area contributed by atoms with Crippen LogP contribution in [0.2, 0.25) is 0 Å². The third kappa shape index (κ3) is 9.67. The second kappa shape index (κ2) is 12.7. The molecule has 0 aromatic carbocycles. The van der Waals surface area contributed by atoms with E-state index >= 15 is 0 Å². The van der Waals surface area contributed by atoms with Gasteiger partial charge in [-0.25, -0.2) is 14.8 Å². The average Bonchev–Trinajstić information content (AvgIpc) is 2.80. The van der Waals surface area contributed by atoms with E-state index in [-0.39, 0.29) is 6.09 Å². The molecule has 2 aliphatic rings. The van der Waals surface area contributed by atoms with E-state index < -0.39 is 5.60 Å². The van der Waals surface area contributed by atoms with Crippen LogP contribution in [0.15, 0.2) is 36.4 Å². The van der Waals surface area contributed by atoms with Gasteiger partial charge in [0.05, 0.1) is 11.4 Å². The quantitative estimate of drug-likeness (QED) is 0.595. The standard InChI is InChI=1S/C15H24N4O2.C10H16N4/c1-15(2,3)21-14(20)19-9-7-18(8-10-19)11-12-5-4-6-13(16)17-12;11-10-3-1-2-9(13-10)8-14-6-4-12-5-7-14/h4-6H,7-11H2,1-3H3,(H2,16,17);1-3,12H,4-8H2,(H2,11,13). The first-order valence-corrected chi connectivity index (χ1v) is 12.2. The summed E-state index contributed by atoms with van der Waals surface area (Å²) in [6.45, 7) is 14.6. The summed E-state index contributed by atoms with van der Waals surface area (Å²) in [7, 11) is 0. The molecule has 4 heterocycles. The first-order chi connectivity index (χ1) is 16.7. The van der Waals surface area contributed by atoms with Crippen molar-refractivity contribution in [1.29, 1.82) is 0 Å². The van der Waals surface area contributed by atoms with Gasteiger partial charge in [-0.1, -0.05) is 12.1 Å². The number of nitrogens with two attached hydrogens (primary N) is 2. The van der Waals surface area contributed by atoms with Crippen molar-refractivity contribution in [2.24, 2.45) is 0 Å². The number of hydrogen-bond donors (Lipinski definition) is 3. The van der Waals surface area contributed by atoms with Gasteiger partial charge in [-0.3, -0.25) is 9.80 Å². The fraction of sp³-hybridized carbons (Fsp3) is 0.560. The molecule has 35 heavy (non-hydrogen) atoms. The summed E-state index contributed by atoms with van der Waals surface area (Å²) >= 11 is 0. The summed E-state index contributed by atoms with van der Waals surface area (Å²) in [6, 6.07) is 11.5. The fourth-order valence-corrected chi connectivity index (χ4v) is 3.91. The second-order valence-electron chi connectivity index (χ2n) is 9.88. The molecule has 2 aliphatic heterocycles. The maximum atomic E-state index is 12.0. The lowest BCUT2D eigenvalue weighted by Gasteiger charge is -2.35. The molecule has 4 rings (SSSR count). The normalized spacial score (nSPS) is 17.4. The van der Waals surface area contributed by atoms with E-state index in [4.69, 9.17) is 16.2 Å². The zero-order valence-electron chi connectivity index (χ0n) is 21.2. The number of piperazine rings is 2. The van der Waals surface area contributed by atoms with Gasteiger partial charge in [-0.2, -0.15) is 0 Å². The Morgan fingerprint density at radius 3 is 1.80 bits per heavy atom. The average molecular weight is 485 g/mol. The third-order valence-electron chi connectivity index (χ3n) is 5.66. The van der Waals surface area contributed by atoms with Crippen LogP contribution >= 0.6 is 0 Å². The first-order valence-electron chi connectivity index (χ1n) is 12.2. The maximum absolute atomic E-state index is 12.0. The highest BCUT2D eigenvalue weighted by atomic mass is 16.6. The fourth-order valence-electron chi connectivity index (χ4n) is 3.91. The summed E-state index contributed by atoms with van der Waals surface area (Å²) in [4.78, 5) is 27.0. The number of anilines is 2. The highest BCUT2D eigenvalue weighted by molar-refractivity contribution is 5.68. The van der Waals surface area contributed by atoms with Crippen molar-refractivity contribution in [2.75, 3.05) is 63.8 Å². The maximum Gasteiger partial charge on any atom is 0.410 e. The molecule has 2 fully saturated rings. The van der Waals surface area contributed by atoms with Gasteiger partial charge in [0, 0.05) is 65.4 Å². The summed E-state index contributed by atoms with van der Waals surface area (Å²) in [5.41, 5.74) is 12.9. The number of nitrogen functional groups attached to an aromatic ring is 2. The van der Waals surface area contributed by atoms with Gasteiger partial charge < -0.3 is 26.4 Å². The van der Waals surface area contributed by atoms with Gasteiger partial charge in [0.2, 0.25) is 0 Å². The van der Waals surface area contributed by atoms with Crippen LogP contribution in [-0.2, 0) is 17.8 Å². The molecular weight excluding hydrogens is 444 g/mol. The Hall–Kier alpha value is -2.95. The smallest absolute Gasteiger partial charge is 0.410 e. The van der Waals surface area contributed by atoms with Crippen molar-refractivity contribution >= 4 is 17.7 Å². The molecule has 5 N–H and O–H groups in total. The van der Waals surface area contributed by atoms with E-state index in [1.54, 1.807) is 11.0 Å². The molecule has 1 amide bonds. The van der Waals surface area contributed by atoms with Crippen LogP contribution in [-0.4, -0.2) is 88.7 Å². The number of carbonyl (C=O) groups excluding carboxylic acids is 1. The van der Waals surface area contributed by atoms with Crippen LogP contribution in [0.5, 0.6) is 0 Å². The van der Waals surface area contributed by atoms with E-state index in [2.05, 4.69) is 25.1 Å². The van der Waals surface area contributed by atoms with Gasteiger partial charge in [0.25, 0.3) is 0 Å². The lowest BCUT2D eigenvalue weighted by molar-refractivity contribution is 0.0138. The Kier molecular flexibility index (Phi) is 9.64. The summed E-state index contributed by atoms with van der Waals surface area (Å²) < 4.78 is 5.39. The summed E-state index contributed by atoms with van der Waals surface area (Å²) in [5, 5.41) is 3.33. The molecule has 0 atom stereocenters. The predicted octanol–water partition coefficient (Wildman–Crippen LogP) is 1.79. The topological polar surface area (TPSA) is 126 Å². The zero-order chi connectivity index (χ0) is 25.3. The first kappa shape index (κ1) is 26.7. The minimum atomic E-state index is -0.445.